The number of fused-ring (bicyclic) bond motifs is 5. The van der Waals surface area contributed by atoms with Gasteiger partial charge in [-0.25, -0.2) is 0 Å². The van der Waals surface area contributed by atoms with Crippen LogP contribution in [0.4, 0.5) is 0 Å². The van der Waals surface area contributed by atoms with Crippen molar-refractivity contribution in [1.29, 1.82) is 0 Å². The molecule has 3 nitrogen and oxygen atoms in total. The first-order valence-corrected chi connectivity index (χ1v) is 11.3. The number of methoxy groups -OCH3 is 1. The van der Waals surface area contributed by atoms with Gasteiger partial charge in [-0.1, -0.05) is 31.2 Å². The lowest BCUT2D eigenvalue weighted by Crippen LogP contribution is -2.48. The summed E-state index contributed by atoms with van der Waals surface area (Å²) in [5.41, 5.74) is 4.49. The molecular formula is C26H33NO2. The third kappa shape index (κ3) is 3.15. The van der Waals surface area contributed by atoms with Crippen molar-refractivity contribution in [3.05, 3.63) is 59.2 Å². The van der Waals surface area contributed by atoms with E-state index in [9.17, 15) is 5.11 Å². The van der Waals surface area contributed by atoms with Crippen LogP contribution in [0.15, 0.2) is 42.5 Å². The normalized spacial score (nSPS) is 32.9. The Morgan fingerprint density at radius 2 is 1.97 bits per heavy atom. The number of phenolic OH excluding ortho intramolecular Hbond substituents is 1. The van der Waals surface area contributed by atoms with Crippen LogP contribution in [-0.4, -0.2) is 18.3 Å². The average Bonchev–Trinajstić information content (AvgIpc) is 3.09. The van der Waals surface area contributed by atoms with Gasteiger partial charge < -0.3 is 15.2 Å². The molecule has 3 aliphatic rings. The fourth-order valence-corrected chi connectivity index (χ4v) is 6.91. The fraction of sp³-hybridized carbons (Fsp3) is 0.538. The van der Waals surface area contributed by atoms with E-state index in [1.54, 1.807) is 18.7 Å². The molecule has 5 atom stereocenters. The Balaban J connectivity index is 1.33. The van der Waals surface area contributed by atoms with Gasteiger partial charge in [0.2, 0.25) is 0 Å². The highest BCUT2D eigenvalue weighted by atomic mass is 16.5. The largest absolute Gasteiger partial charge is 0.508 e. The number of para-hydroxylation sites is 1. The molecule has 154 valence electrons. The third-order valence-corrected chi connectivity index (χ3v) is 8.46. The molecule has 3 heteroatoms. The average molecular weight is 392 g/mol. The topological polar surface area (TPSA) is 41.5 Å². The maximum atomic E-state index is 10.1. The Morgan fingerprint density at radius 1 is 1.10 bits per heavy atom. The zero-order valence-corrected chi connectivity index (χ0v) is 17.7. The summed E-state index contributed by atoms with van der Waals surface area (Å²) in [6.45, 7) is 3.29. The van der Waals surface area contributed by atoms with Crippen molar-refractivity contribution >= 4 is 0 Å². The van der Waals surface area contributed by atoms with Crippen molar-refractivity contribution in [2.24, 2.45) is 17.3 Å². The zero-order chi connectivity index (χ0) is 20.0. The highest BCUT2D eigenvalue weighted by Crippen LogP contribution is 2.61. The molecule has 5 rings (SSSR count). The molecule has 0 amide bonds. The number of aromatic hydroxyl groups is 1. The van der Waals surface area contributed by atoms with Crippen molar-refractivity contribution in [1.82, 2.24) is 5.32 Å². The SMILES string of the molecule is COc1ccc2c(c1)CCC1C2CC[C@@]2(C)C1CC[C@@H]2NCc1ccccc1O. The molecule has 0 aromatic heterocycles. The predicted molar refractivity (Wildman–Crippen MR) is 116 cm³/mol. The van der Waals surface area contributed by atoms with E-state index in [0.29, 0.717) is 17.2 Å². The summed E-state index contributed by atoms with van der Waals surface area (Å²) >= 11 is 0. The number of hydrogen-bond donors (Lipinski definition) is 2. The summed E-state index contributed by atoms with van der Waals surface area (Å²) in [6.07, 6.45) is 7.69. The molecule has 0 spiro atoms. The molecule has 2 aromatic rings. The van der Waals surface area contributed by atoms with E-state index < -0.39 is 0 Å². The van der Waals surface area contributed by atoms with Crippen molar-refractivity contribution in [2.45, 2.75) is 64.0 Å². The van der Waals surface area contributed by atoms with E-state index >= 15 is 0 Å². The van der Waals surface area contributed by atoms with E-state index in [1.807, 2.05) is 18.2 Å². The van der Waals surface area contributed by atoms with Crippen LogP contribution in [0, 0.1) is 17.3 Å². The van der Waals surface area contributed by atoms with E-state index in [-0.39, 0.29) is 0 Å². The molecular weight excluding hydrogens is 358 g/mol. The van der Waals surface area contributed by atoms with Gasteiger partial charge in [0.1, 0.15) is 11.5 Å². The van der Waals surface area contributed by atoms with E-state index in [1.165, 1.54) is 44.1 Å². The van der Waals surface area contributed by atoms with E-state index in [0.717, 1.165) is 35.6 Å². The minimum Gasteiger partial charge on any atom is -0.508 e. The molecule has 3 aliphatic carbocycles. The second-order valence-electron chi connectivity index (χ2n) is 9.66. The number of phenols is 1. The highest BCUT2D eigenvalue weighted by molar-refractivity contribution is 5.41. The van der Waals surface area contributed by atoms with Crippen molar-refractivity contribution in [2.75, 3.05) is 7.11 Å². The Bertz CT molecular complexity index is 894. The van der Waals surface area contributed by atoms with Gasteiger partial charge >= 0.3 is 0 Å². The summed E-state index contributed by atoms with van der Waals surface area (Å²) in [4.78, 5) is 0. The predicted octanol–water partition coefficient (Wildman–Crippen LogP) is 5.42. The summed E-state index contributed by atoms with van der Waals surface area (Å²) in [7, 11) is 1.76. The fourth-order valence-electron chi connectivity index (χ4n) is 6.91. The Labute approximate surface area is 174 Å². The molecule has 2 fully saturated rings. The molecule has 0 bridgehead atoms. The Kier molecular flexibility index (Phi) is 4.82. The Morgan fingerprint density at radius 3 is 2.79 bits per heavy atom. The number of aryl methyl sites for hydroxylation is 1. The van der Waals surface area contributed by atoms with Gasteiger partial charge in [-0.05, 0) is 91.0 Å². The van der Waals surface area contributed by atoms with Crippen LogP contribution in [0.5, 0.6) is 11.5 Å². The first kappa shape index (κ1) is 19.0. The maximum Gasteiger partial charge on any atom is 0.120 e. The first-order chi connectivity index (χ1) is 14.1. The number of nitrogens with one attached hydrogen (secondary N) is 1. The number of rotatable bonds is 4. The van der Waals surface area contributed by atoms with Crippen molar-refractivity contribution < 1.29 is 9.84 Å². The van der Waals surface area contributed by atoms with Gasteiger partial charge in [-0.3, -0.25) is 0 Å². The van der Waals surface area contributed by atoms with E-state index in [4.69, 9.17) is 4.74 Å². The smallest absolute Gasteiger partial charge is 0.120 e. The lowest BCUT2D eigenvalue weighted by molar-refractivity contribution is 0.0407. The first-order valence-electron chi connectivity index (χ1n) is 11.3. The van der Waals surface area contributed by atoms with E-state index in [2.05, 4.69) is 30.4 Å². The summed E-state index contributed by atoms with van der Waals surface area (Å²) in [5, 5.41) is 13.9. The minimum absolute atomic E-state index is 0.371. The van der Waals surface area contributed by atoms with Gasteiger partial charge in [-0.15, -0.1) is 0 Å². The van der Waals surface area contributed by atoms with Crippen LogP contribution >= 0.6 is 0 Å². The summed E-state index contributed by atoms with van der Waals surface area (Å²) in [5.74, 6) is 3.74. The Hall–Kier alpha value is -2.00. The maximum absolute atomic E-state index is 10.1. The third-order valence-electron chi connectivity index (χ3n) is 8.46. The molecule has 0 heterocycles. The molecule has 2 aromatic carbocycles. The van der Waals surface area contributed by atoms with Gasteiger partial charge in [-0.2, -0.15) is 0 Å². The van der Waals surface area contributed by atoms with Gasteiger partial charge in [0.15, 0.2) is 0 Å². The van der Waals surface area contributed by atoms with Crippen LogP contribution < -0.4 is 10.1 Å². The summed E-state index contributed by atoms with van der Waals surface area (Å²) < 4.78 is 5.46. The monoisotopic (exact) mass is 391 g/mol. The quantitative estimate of drug-likeness (QED) is 0.732. The molecule has 29 heavy (non-hydrogen) atoms. The molecule has 0 saturated heterocycles. The molecule has 2 saturated carbocycles. The van der Waals surface area contributed by atoms with Crippen LogP contribution in [-0.2, 0) is 13.0 Å². The van der Waals surface area contributed by atoms with Crippen LogP contribution in [0.25, 0.3) is 0 Å². The number of benzene rings is 2. The second kappa shape index (κ2) is 7.36. The molecule has 0 radical (unpaired) electrons. The zero-order valence-electron chi connectivity index (χ0n) is 17.7. The number of hydrogen-bond acceptors (Lipinski definition) is 3. The van der Waals surface area contributed by atoms with Crippen LogP contribution in [0.1, 0.15) is 61.6 Å². The standard InChI is InChI=1S/C26H33NO2/c1-26-14-13-21-20-10-8-19(29-2)15-17(20)7-9-22(21)23(26)11-12-25(26)27-16-18-5-3-4-6-24(18)28/h3-6,8,10,15,21-23,25,27-28H,7,9,11-14,16H2,1-2H3/t21?,22?,23?,25-,26-/m0/s1. The molecule has 0 aliphatic heterocycles. The van der Waals surface area contributed by atoms with Crippen LogP contribution in [0.3, 0.4) is 0 Å². The summed E-state index contributed by atoms with van der Waals surface area (Å²) in [6, 6.07) is 15.0. The lowest BCUT2D eigenvalue weighted by Gasteiger charge is -2.51. The van der Waals surface area contributed by atoms with Gasteiger partial charge in [0, 0.05) is 18.2 Å². The van der Waals surface area contributed by atoms with Crippen molar-refractivity contribution in [3.63, 3.8) is 0 Å². The molecule has 3 unspecified atom stereocenters. The highest BCUT2D eigenvalue weighted by Gasteiger charge is 2.54. The van der Waals surface area contributed by atoms with Crippen molar-refractivity contribution in [3.8, 4) is 11.5 Å². The van der Waals surface area contributed by atoms with Gasteiger partial charge in [0.25, 0.3) is 0 Å². The lowest BCUT2D eigenvalue weighted by atomic mass is 9.55. The molecule has 2 N–H and O–H groups in total. The number of ether oxygens (including phenoxy) is 1. The second-order valence-corrected chi connectivity index (χ2v) is 9.66. The minimum atomic E-state index is 0.371. The van der Waals surface area contributed by atoms with Crippen LogP contribution in [0.2, 0.25) is 0 Å². The van der Waals surface area contributed by atoms with Gasteiger partial charge in [0.05, 0.1) is 7.11 Å².